The summed E-state index contributed by atoms with van der Waals surface area (Å²) in [6, 6.07) is 5.71. The van der Waals surface area contributed by atoms with Crippen molar-refractivity contribution in [3.8, 4) is 0 Å². The molecule has 0 aromatic heterocycles. The molecule has 1 aromatic rings. The molecule has 8 heteroatoms. The Bertz CT molecular complexity index is 498. The number of nitrogens with two attached hydrogens (primary N) is 1. The number of hydrogen-bond donors (Lipinski definition) is 3. The first-order chi connectivity index (χ1) is 10.1. The fraction of sp³-hybridized carbons (Fsp3) is 0.385. The fourth-order valence-corrected chi connectivity index (χ4v) is 3.30. The number of rotatable bonds is 6. The van der Waals surface area contributed by atoms with Gasteiger partial charge < -0.3 is 15.8 Å². The van der Waals surface area contributed by atoms with Crippen molar-refractivity contribution in [2.75, 3.05) is 35.4 Å². The Hall–Kier alpha value is -1.12. The van der Waals surface area contributed by atoms with Crippen molar-refractivity contribution in [3.05, 3.63) is 18.2 Å². The van der Waals surface area contributed by atoms with Crippen LogP contribution in [0.25, 0.3) is 0 Å². The van der Waals surface area contributed by atoms with Gasteiger partial charge in [0.1, 0.15) is 0 Å². The Balaban J connectivity index is 2.53. The van der Waals surface area contributed by atoms with Crippen molar-refractivity contribution in [2.24, 2.45) is 0 Å². The number of amides is 1. The average molecular weight is 346 g/mol. The molecule has 0 aliphatic rings. The van der Waals surface area contributed by atoms with Gasteiger partial charge in [-0.25, -0.2) is 4.79 Å². The summed E-state index contributed by atoms with van der Waals surface area (Å²) in [6.07, 6.45) is -0.619. The lowest BCUT2D eigenvalue weighted by Gasteiger charge is -2.12. The van der Waals surface area contributed by atoms with Crippen LogP contribution < -0.4 is 16.4 Å². The summed E-state index contributed by atoms with van der Waals surface area (Å²) in [6.45, 7) is 2.15. The van der Waals surface area contributed by atoms with E-state index in [4.69, 9.17) is 18.0 Å². The van der Waals surface area contributed by atoms with Gasteiger partial charge >= 0.3 is 6.09 Å². The Kier molecular flexibility index (Phi) is 8.33. The van der Waals surface area contributed by atoms with Gasteiger partial charge in [0.15, 0.2) is 5.11 Å². The molecule has 0 fully saturated rings. The summed E-state index contributed by atoms with van der Waals surface area (Å²) in [7, 11) is 1.27. The highest BCUT2D eigenvalue weighted by Gasteiger charge is 2.06. The molecule has 0 aliphatic carbocycles. The van der Waals surface area contributed by atoms with E-state index in [1.165, 1.54) is 7.11 Å². The topological polar surface area (TPSA) is 76.4 Å². The number of nitrogens with one attached hydrogen (secondary N) is 2. The Morgan fingerprint density at radius 3 is 2.81 bits per heavy atom. The number of thiocarbonyl (C=S) groups is 1. The van der Waals surface area contributed by atoms with Gasteiger partial charge in [-0.2, -0.15) is 11.8 Å². The molecule has 0 spiro atoms. The van der Waals surface area contributed by atoms with E-state index >= 15 is 0 Å². The SMILES string of the molecule is CCSCCSc1ccc(NC(=S)NC(=O)OC)c(N)c1. The molecule has 5 nitrogen and oxygen atoms in total. The highest BCUT2D eigenvalue weighted by atomic mass is 32.2. The maximum atomic E-state index is 11.0. The maximum Gasteiger partial charge on any atom is 0.413 e. The lowest BCUT2D eigenvalue weighted by Crippen LogP contribution is -2.34. The normalized spacial score (nSPS) is 10.0. The standard InChI is InChI=1S/C13H19N3O2S3/c1-3-20-6-7-21-9-4-5-11(10(14)8-9)15-12(19)16-13(17)18-2/h4-5,8H,3,6-7,14H2,1-2H3,(H2,15,16,17,19). The predicted octanol–water partition coefficient (Wildman–Crippen LogP) is 3.17. The van der Waals surface area contributed by atoms with Gasteiger partial charge in [-0.3, -0.25) is 5.32 Å². The van der Waals surface area contributed by atoms with Crippen molar-refractivity contribution in [2.45, 2.75) is 11.8 Å². The highest BCUT2D eigenvalue weighted by Crippen LogP contribution is 2.26. The van der Waals surface area contributed by atoms with Crippen LogP contribution in [0.15, 0.2) is 23.1 Å². The van der Waals surface area contributed by atoms with Crippen molar-refractivity contribution in [3.63, 3.8) is 0 Å². The summed E-state index contributed by atoms with van der Waals surface area (Å²) >= 11 is 8.67. The Labute approximate surface area is 138 Å². The van der Waals surface area contributed by atoms with Crippen LogP contribution in [0.2, 0.25) is 0 Å². The minimum Gasteiger partial charge on any atom is -0.453 e. The van der Waals surface area contributed by atoms with Gasteiger partial charge in [0.25, 0.3) is 0 Å². The quantitative estimate of drug-likeness (QED) is 0.316. The zero-order valence-corrected chi connectivity index (χ0v) is 14.4. The zero-order chi connectivity index (χ0) is 15.7. The third kappa shape index (κ3) is 6.92. The van der Waals surface area contributed by atoms with Crippen molar-refractivity contribution in [1.29, 1.82) is 0 Å². The largest absolute Gasteiger partial charge is 0.453 e. The smallest absolute Gasteiger partial charge is 0.413 e. The summed E-state index contributed by atoms with van der Waals surface area (Å²) < 4.78 is 4.46. The highest BCUT2D eigenvalue weighted by molar-refractivity contribution is 8.02. The van der Waals surface area contributed by atoms with E-state index in [1.807, 2.05) is 30.0 Å². The van der Waals surface area contributed by atoms with E-state index < -0.39 is 6.09 Å². The molecule has 0 saturated heterocycles. The van der Waals surface area contributed by atoms with Gasteiger partial charge in [0.2, 0.25) is 0 Å². The molecule has 0 bridgehead atoms. The molecular formula is C13H19N3O2S3. The maximum absolute atomic E-state index is 11.0. The number of carbonyl (C=O) groups excluding carboxylic acids is 1. The number of alkyl carbamates (subject to hydrolysis) is 1. The predicted molar refractivity (Wildman–Crippen MR) is 96.3 cm³/mol. The minimum atomic E-state index is -0.619. The molecular weight excluding hydrogens is 326 g/mol. The van der Waals surface area contributed by atoms with E-state index in [0.29, 0.717) is 11.4 Å². The number of benzene rings is 1. The Morgan fingerprint density at radius 2 is 2.19 bits per heavy atom. The van der Waals surface area contributed by atoms with Crippen molar-refractivity contribution < 1.29 is 9.53 Å². The van der Waals surface area contributed by atoms with E-state index in [2.05, 4.69) is 22.3 Å². The van der Waals surface area contributed by atoms with Gasteiger partial charge in [-0.1, -0.05) is 6.92 Å². The summed E-state index contributed by atoms with van der Waals surface area (Å²) in [5, 5.41) is 5.37. The molecule has 0 unspecified atom stereocenters. The van der Waals surface area contributed by atoms with Crippen LogP contribution in [0.4, 0.5) is 16.2 Å². The molecule has 0 atom stereocenters. The summed E-state index contributed by atoms with van der Waals surface area (Å²) in [5.74, 6) is 3.30. The number of nitrogen functional groups attached to an aromatic ring is 1. The first-order valence-electron chi connectivity index (χ1n) is 6.32. The van der Waals surface area contributed by atoms with Crippen LogP contribution in [0.3, 0.4) is 0 Å². The van der Waals surface area contributed by atoms with E-state index in [1.54, 1.807) is 11.8 Å². The van der Waals surface area contributed by atoms with Gasteiger partial charge in [0.05, 0.1) is 18.5 Å². The molecule has 0 radical (unpaired) electrons. The monoisotopic (exact) mass is 345 g/mol. The van der Waals surface area contributed by atoms with Crippen LogP contribution in [-0.4, -0.2) is 35.6 Å². The lowest BCUT2D eigenvalue weighted by molar-refractivity contribution is 0.177. The number of methoxy groups -OCH3 is 1. The van der Waals surface area contributed by atoms with E-state index in [0.717, 1.165) is 22.2 Å². The molecule has 1 aromatic carbocycles. The fourth-order valence-electron chi connectivity index (χ4n) is 1.40. The molecule has 0 aliphatic heterocycles. The van der Waals surface area contributed by atoms with Crippen LogP contribution in [0, 0.1) is 0 Å². The second-order valence-electron chi connectivity index (χ2n) is 3.87. The number of hydrogen-bond acceptors (Lipinski definition) is 6. The number of thioether (sulfide) groups is 2. The van der Waals surface area contributed by atoms with Gasteiger partial charge in [-0.15, -0.1) is 11.8 Å². The van der Waals surface area contributed by atoms with Crippen molar-refractivity contribution in [1.82, 2.24) is 5.32 Å². The molecule has 0 heterocycles. The van der Waals surface area contributed by atoms with Crippen molar-refractivity contribution >= 4 is 58.3 Å². The zero-order valence-electron chi connectivity index (χ0n) is 12.0. The lowest BCUT2D eigenvalue weighted by atomic mass is 10.3. The summed E-state index contributed by atoms with van der Waals surface area (Å²) in [4.78, 5) is 12.1. The summed E-state index contributed by atoms with van der Waals surface area (Å²) in [5.41, 5.74) is 7.22. The van der Waals surface area contributed by atoms with E-state index in [-0.39, 0.29) is 5.11 Å². The third-order valence-electron chi connectivity index (χ3n) is 2.37. The average Bonchev–Trinajstić information content (AvgIpc) is 2.46. The van der Waals surface area contributed by atoms with Crippen LogP contribution in [0.1, 0.15) is 6.92 Å². The first-order valence-corrected chi connectivity index (χ1v) is 8.87. The molecule has 1 rings (SSSR count). The van der Waals surface area contributed by atoms with Gasteiger partial charge in [-0.05, 0) is 36.2 Å². The molecule has 4 N–H and O–H groups in total. The second kappa shape index (κ2) is 9.75. The van der Waals surface area contributed by atoms with Crippen LogP contribution in [0.5, 0.6) is 0 Å². The molecule has 0 saturated carbocycles. The van der Waals surface area contributed by atoms with Gasteiger partial charge in [0, 0.05) is 16.4 Å². The molecule has 116 valence electrons. The van der Waals surface area contributed by atoms with Crippen LogP contribution in [-0.2, 0) is 4.74 Å². The third-order valence-corrected chi connectivity index (χ3v) is 4.73. The molecule has 21 heavy (non-hydrogen) atoms. The Morgan fingerprint density at radius 1 is 1.43 bits per heavy atom. The number of ether oxygens (including phenoxy) is 1. The number of carbonyl (C=O) groups is 1. The first kappa shape index (κ1) is 17.9. The minimum absolute atomic E-state index is 0.147. The van der Waals surface area contributed by atoms with E-state index in [9.17, 15) is 4.79 Å². The number of anilines is 2. The second-order valence-corrected chi connectivity index (χ2v) is 6.84. The van der Waals surface area contributed by atoms with Crippen LogP contribution >= 0.6 is 35.7 Å². The molecule has 1 amide bonds.